The van der Waals surface area contributed by atoms with Crippen LogP contribution in [0.3, 0.4) is 0 Å². The third-order valence-electron chi connectivity index (χ3n) is 8.31. The second-order valence-electron chi connectivity index (χ2n) is 12.4. The van der Waals surface area contributed by atoms with E-state index in [1.165, 1.54) is 24.7 Å². The first-order valence-electron chi connectivity index (χ1n) is 18.3. The smallest absolute Gasteiger partial charge is 0.0964 e. The number of ether oxygens (including phenoxy) is 2. The van der Waals surface area contributed by atoms with Crippen molar-refractivity contribution in [2.45, 2.75) is 0 Å². The molecule has 0 saturated carbocycles. The van der Waals surface area contributed by atoms with E-state index < -0.39 is 18.6 Å². The van der Waals surface area contributed by atoms with E-state index in [4.69, 9.17) is 9.42 Å². The largest absolute Gasteiger partial charge is 0.254 e. The molecule has 0 aliphatic carbocycles. The average molecular weight is 1320 g/mol. The SMILES string of the molecule is COCCOC.O[Si](c1ccccc1)(c1ccccc1)c1ccccc1.[CH3-].[CH3-].[Cl][W]([Br])([Br])#[C]c1ccccc1.[W]#[C]c1ccccc1.c1cnc2c(c1)ccc1cccnc12. The second kappa shape index (κ2) is 29.7. The fourth-order valence-electron chi connectivity index (χ4n) is 5.53. The Morgan fingerprint density at radius 3 is 1.16 bits per heavy atom. The number of hydrogen-bond donors (Lipinski definition) is 1. The molecule has 8 rings (SSSR count). The summed E-state index contributed by atoms with van der Waals surface area (Å²) < 4.78 is 15.6. The summed E-state index contributed by atoms with van der Waals surface area (Å²) in [7, 11) is 3.72. The molecule has 8 aromatic rings. The molecule has 61 heavy (non-hydrogen) atoms. The van der Waals surface area contributed by atoms with E-state index in [0.717, 1.165) is 42.9 Å². The Morgan fingerprint density at radius 1 is 0.541 bits per heavy atom. The van der Waals surface area contributed by atoms with Gasteiger partial charge in [-0.3, -0.25) is 9.97 Å². The Balaban J connectivity index is 0.000000277. The van der Waals surface area contributed by atoms with Crippen molar-refractivity contribution in [1.29, 1.82) is 0 Å². The maximum absolute atomic E-state index is 11.6. The van der Waals surface area contributed by atoms with Gasteiger partial charge in [0.2, 0.25) is 0 Å². The predicted molar refractivity (Wildman–Crippen MR) is 262 cm³/mol. The average Bonchev–Trinajstić information content (AvgIpc) is 3.30. The van der Waals surface area contributed by atoms with Crippen LogP contribution in [0.2, 0.25) is 0 Å². The Labute approximate surface area is 393 Å². The Morgan fingerprint density at radius 2 is 0.869 bits per heavy atom. The van der Waals surface area contributed by atoms with E-state index in [0.29, 0.717) is 13.2 Å². The number of hydrogen-bond acceptors (Lipinski definition) is 5. The standard InChI is InChI=1S/C18H16OSi.C12H8N2.2C7H5.C4H10O2.2CH3.2BrH.ClH.2W/c19-20(16-10-4-1-5-11-16,17-12-6-2-7-13-17)18-14-8-3-9-15-18;1-3-9-5-6-10-4-2-8-14-12(10)11(9)13-7-1;2*1-7-5-3-2-4-6-7;1-5-3-4-6-2;;;;;;;/h1-15,19H;1-8H;2*2-6H;3-4H2,1-2H3;2*1H3;3*1H;;/q;;;;;2*-1;;;;;+3/p-3. The molecule has 1 N–H and O–H groups in total. The summed E-state index contributed by atoms with van der Waals surface area (Å²) in [4.78, 5) is 20.3. The zero-order chi connectivity index (χ0) is 42.2. The van der Waals surface area contributed by atoms with Crippen LogP contribution in [-0.4, -0.2) is 50.5 Å². The van der Waals surface area contributed by atoms with Gasteiger partial charge in [0, 0.05) is 37.4 Å². The van der Waals surface area contributed by atoms with Crippen molar-refractivity contribution in [1.82, 2.24) is 9.97 Å². The van der Waals surface area contributed by atoms with Crippen LogP contribution in [0.1, 0.15) is 11.1 Å². The molecule has 2 aromatic heterocycles. The summed E-state index contributed by atoms with van der Waals surface area (Å²) in [6.07, 6.45) is 3.60. The molecule has 2 heterocycles. The monoisotopic (exact) mass is 1320 g/mol. The minimum Gasteiger partial charge on any atom is -0.254 e. The van der Waals surface area contributed by atoms with E-state index in [2.05, 4.69) is 78.7 Å². The van der Waals surface area contributed by atoms with Gasteiger partial charge in [-0.25, -0.2) is 0 Å². The molecule has 0 bridgehead atoms. The van der Waals surface area contributed by atoms with Gasteiger partial charge >= 0.3 is 146 Å². The van der Waals surface area contributed by atoms with Crippen molar-refractivity contribution in [3.63, 3.8) is 0 Å². The Hall–Kier alpha value is -3.58. The first kappa shape index (κ1) is 53.6. The first-order valence-corrected chi connectivity index (χ1v) is 39.7. The fraction of sp³-hybridized carbons (Fsp3) is 0.0800. The molecule has 0 amide bonds. The number of pyridine rings is 2. The molecule has 317 valence electrons. The van der Waals surface area contributed by atoms with E-state index in [1.807, 2.05) is 164 Å². The maximum Gasteiger partial charge on any atom is 0.0964 e. The summed E-state index contributed by atoms with van der Waals surface area (Å²) in [5.41, 5.74) is 4.20. The van der Waals surface area contributed by atoms with Crippen molar-refractivity contribution in [2.24, 2.45) is 0 Å². The van der Waals surface area contributed by atoms with E-state index in [9.17, 15) is 4.80 Å². The summed E-state index contributed by atoms with van der Waals surface area (Å²) in [5, 5.41) is 5.31. The van der Waals surface area contributed by atoms with E-state index >= 15 is 0 Å². The third-order valence-corrected chi connectivity index (χ3v) is 17.6. The zero-order valence-corrected chi connectivity index (χ0v) is 45.4. The van der Waals surface area contributed by atoms with Gasteiger partial charge in [-0.15, -0.1) is 0 Å². The van der Waals surface area contributed by atoms with Gasteiger partial charge in [0.1, 0.15) is 0 Å². The molecule has 0 aliphatic rings. The number of halogens is 3. The van der Waals surface area contributed by atoms with Crippen LogP contribution in [0, 0.1) is 23.3 Å². The first-order chi connectivity index (χ1) is 28.7. The molecule has 0 saturated heterocycles. The fourth-order valence-corrected chi connectivity index (χ4v) is 14.3. The van der Waals surface area contributed by atoms with E-state index in [-0.39, 0.29) is 14.9 Å². The molecule has 0 fully saturated rings. The summed E-state index contributed by atoms with van der Waals surface area (Å²) in [6, 6.07) is 62.1. The van der Waals surface area contributed by atoms with Crippen molar-refractivity contribution in [3.05, 3.63) is 226 Å². The molecule has 6 aromatic carbocycles. The molecular formula is C50H50Br2ClN2O3SiW2-2. The summed E-state index contributed by atoms with van der Waals surface area (Å²) in [6.45, 7) is 1.38. The second-order valence-corrected chi connectivity index (χ2v) is 52.8. The molecule has 0 atom stereocenters. The topological polar surface area (TPSA) is 64.5 Å². The zero-order valence-electron chi connectivity index (χ0n) is 34.6. The molecule has 0 unspecified atom stereocenters. The van der Waals surface area contributed by atoms with Gasteiger partial charge in [-0.05, 0) is 27.7 Å². The van der Waals surface area contributed by atoms with Gasteiger partial charge < -0.3 is 29.1 Å². The number of aromatic nitrogens is 2. The van der Waals surface area contributed by atoms with Crippen LogP contribution in [0.4, 0.5) is 0 Å². The van der Waals surface area contributed by atoms with Gasteiger partial charge in [-0.1, -0.05) is 115 Å². The van der Waals surface area contributed by atoms with E-state index in [1.54, 1.807) is 26.6 Å². The Kier molecular flexibility index (Phi) is 26.1. The van der Waals surface area contributed by atoms with Crippen LogP contribution >= 0.6 is 36.0 Å². The van der Waals surface area contributed by atoms with Crippen LogP contribution < -0.4 is 15.6 Å². The summed E-state index contributed by atoms with van der Waals surface area (Å²) in [5.74, 6) is 0. The van der Waals surface area contributed by atoms with Crippen molar-refractivity contribution in [3.8, 4) is 8.40 Å². The van der Waals surface area contributed by atoms with Gasteiger partial charge in [0.25, 0.3) is 8.32 Å². The van der Waals surface area contributed by atoms with Crippen LogP contribution in [0.5, 0.6) is 0 Å². The molecular weight excluding hydrogens is 1270 g/mol. The molecule has 0 spiro atoms. The normalized spacial score (nSPS) is 10.0. The van der Waals surface area contributed by atoms with Crippen molar-refractivity contribution in [2.75, 3.05) is 27.4 Å². The number of fused-ring (bicyclic) bond motifs is 3. The predicted octanol–water partition coefficient (Wildman–Crippen LogP) is 11.1. The molecule has 5 nitrogen and oxygen atoms in total. The molecule has 0 aliphatic heterocycles. The summed E-state index contributed by atoms with van der Waals surface area (Å²) >= 11 is 8.17. The minimum absolute atomic E-state index is 0. The van der Waals surface area contributed by atoms with Gasteiger partial charge in [0.05, 0.1) is 24.2 Å². The number of methoxy groups -OCH3 is 2. The van der Waals surface area contributed by atoms with Crippen LogP contribution in [-0.2, 0) is 38.9 Å². The number of nitrogens with zero attached hydrogens (tertiary/aromatic N) is 2. The quantitative estimate of drug-likeness (QED) is 0.0591. The molecule has 0 radical (unpaired) electrons. The van der Waals surface area contributed by atoms with Crippen LogP contribution in [0.15, 0.2) is 200 Å². The minimum atomic E-state index is -2.88. The van der Waals surface area contributed by atoms with Gasteiger partial charge in [0.15, 0.2) is 0 Å². The van der Waals surface area contributed by atoms with Gasteiger partial charge in [-0.2, -0.15) is 0 Å². The maximum atomic E-state index is 11.6. The number of rotatable bonds is 6. The third kappa shape index (κ3) is 18.4. The van der Waals surface area contributed by atoms with Crippen LogP contribution in [0.25, 0.3) is 21.8 Å². The van der Waals surface area contributed by atoms with Crippen molar-refractivity contribution >= 4 is 81.7 Å². The molecule has 11 heteroatoms. The number of benzene rings is 6. The van der Waals surface area contributed by atoms with Crippen molar-refractivity contribution < 1.29 is 43.7 Å². The Bertz CT molecular complexity index is 2420.